The smallest absolute Gasteiger partial charge is 0.396 e. The van der Waals surface area contributed by atoms with Gasteiger partial charge in [-0.2, -0.15) is 13.2 Å². The molecule has 0 unspecified atom stereocenters. The third kappa shape index (κ3) is 2.15. The molecule has 1 aliphatic carbocycles. The molecule has 0 heterocycles. The number of benzene rings is 1. The standard InChI is InChI=1S/C11H11F3O/c12-11(13,14)9-3-1-2-7(4-9)10-5-8(10)6-15/h1-4,8,10,15H,5-6H2/t8-,10-/m1/s1. The maximum atomic E-state index is 12.4. The molecule has 1 aromatic rings. The van der Waals surface area contributed by atoms with E-state index in [0.29, 0.717) is 5.56 Å². The average molecular weight is 216 g/mol. The second-order valence-electron chi connectivity index (χ2n) is 3.91. The van der Waals surface area contributed by atoms with Gasteiger partial charge in [0.15, 0.2) is 0 Å². The summed E-state index contributed by atoms with van der Waals surface area (Å²) in [5.41, 5.74) is 0.0764. The van der Waals surface area contributed by atoms with Crippen molar-refractivity contribution >= 4 is 0 Å². The lowest BCUT2D eigenvalue weighted by molar-refractivity contribution is -0.137. The van der Waals surface area contributed by atoms with Gasteiger partial charge in [0.25, 0.3) is 0 Å². The van der Waals surface area contributed by atoms with E-state index in [4.69, 9.17) is 5.11 Å². The number of halogens is 3. The van der Waals surface area contributed by atoms with Gasteiger partial charge in [0, 0.05) is 6.61 Å². The van der Waals surface area contributed by atoms with E-state index in [0.717, 1.165) is 12.5 Å². The van der Waals surface area contributed by atoms with Crippen molar-refractivity contribution in [3.63, 3.8) is 0 Å². The number of aliphatic hydroxyl groups excluding tert-OH is 1. The highest BCUT2D eigenvalue weighted by atomic mass is 19.4. The molecule has 2 atom stereocenters. The summed E-state index contributed by atoms with van der Waals surface area (Å²) in [4.78, 5) is 0. The maximum Gasteiger partial charge on any atom is 0.416 e. The Balaban J connectivity index is 2.21. The quantitative estimate of drug-likeness (QED) is 0.805. The fraction of sp³-hybridized carbons (Fsp3) is 0.455. The van der Waals surface area contributed by atoms with Crippen molar-refractivity contribution in [1.29, 1.82) is 0 Å². The van der Waals surface area contributed by atoms with E-state index in [9.17, 15) is 13.2 Å². The summed E-state index contributed by atoms with van der Waals surface area (Å²) in [6.07, 6.45) is -3.49. The van der Waals surface area contributed by atoms with Crippen LogP contribution in [0, 0.1) is 5.92 Å². The van der Waals surface area contributed by atoms with Gasteiger partial charge in [0.2, 0.25) is 0 Å². The van der Waals surface area contributed by atoms with E-state index in [2.05, 4.69) is 0 Å². The monoisotopic (exact) mass is 216 g/mol. The van der Waals surface area contributed by atoms with Crippen LogP contribution in [0.15, 0.2) is 24.3 Å². The fourth-order valence-electron chi connectivity index (χ4n) is 1.80. The molecule has 4 heteroatoms. The van der Waals surface area contributed by atoms with Crippen LogP contribution in [0.5, 0.6) is 0 Å². The molecule has 0 bridgehead atoms. The molecular formula is C11H11F3O. The Bertz CT molecular complexity index is 359. The van der Waals surface area contributed by atoms with Crippen LogP contribution in [0.3, 0.4) is 0 Å². The van der Waals surface area contributed by atoms with Gasteiger partial charge in [-0.25, -0.2) is 0 Å². The third-order valence-corrected chi connectivity index (χ3v) is 2.80. The van der Waals surface area contributed by atoms with Crippen molar-refractivity contribution in [2.45, 2.75) is 18.5 Å². The molecule has 1 saturated carbocycles. The van der Waals surface area contributed by atoms with Crippen molar-refractivity contribution in [3.8, 4) is 0 Å². The summed E-state index contributed by atoms with van der Waals surface area (Å²) >= 11 is 0. The number of hydrogen-bond acceptors (Lipinski definition) is 1. The van der Waals surface area contributed by atoms with Gasteiger partial charge in [0.1, 0.15) is 0 Å². The first-order valence-corrected chi connectivity index (χ1v) is 4.80. The molecule has 82 valence electrons. The topological polar surface area (TPSA) is 20.2 Å². The summed E-state index contributed by atoms with van der Waals surface area (Å²) in [6.45, 7) is 0.0565. The molecule has 0 radical (unpaired) electrons. The second kappa shape index (κ2) is 3.52. The molecule has 1 nitrogen and oxygen atoms in total. The van der Waals surface area contributed by atoms with Crippen molar-refractivity contribution in [1.82, 2.24) is 0 Å². The Kier molecular flexibility index (Phi) is 2.46. The number of rotatable bonds is 2. The van der Waals surface area contributed by atoms with Crippen LogP contribution in [0.25, 0.3) is 0 Å². The van der Waals surface area contributed by atoms with Crippen LogP contribution in [-0.2, 0) is 6.18 Å². The van der Waals surface area contributed by atoms with Gasteiger partial charge in [-0.1, -0.05) is 18.2 Å². The molecule has 1 fully saturated rings. The summed E-state index contributed by atoms with van der Waals surface area (Å²) in [5.74, 6) is 0.255. The molecule has 0 aliphatic heterocycles. The maximum absolute atomic E-state index is 12.4. The molecular weight excluding hydrogens is 205 g/mol. The van der Waals surface area contributed by atoms with E-state index in [1.54, 1.807) is 6.07 Å². The Hall–Kier alpha value is -1.03. The molecule has 2 rings (SSSR count). The first kappa shape index (κ1) is 10.5. The minimum atomic E-state index is -4.28. The van der Waals surface area contributed by atoms with E-state index in [-0.39, 0.29) is 18.4 Å². The second-order valence-corrected chi connectivity index (χ2v) is 3.91. The Morgan fingerprint density at radius 1 is 1.33 bits per heavy atom. The van der Waals surface area contributed by atoms with E-state index in [1.807, 2.05) is 0 Å². The molecule has 0 amide bonds. The van der Waals surface area contributed by atoms with Crippen molar-refractivity contribution in [2.24, 2.45) is 5.92 Å². The number of aliphatic hydroxyl groups is 1. The first-order chi connectivity index (χ1) is 7.02. The molecule has 0 aromatic heterocycles. The molecule has 15 heavy (non-hydrogen) atoms. The van der Waals surface area contributed by atoms with Gasteiger partial charge >= 0.3 is 6.18 Å². The largest absolute Gasteiger partial charge is 0.416 e. The van der Waals surface area contributed by atoms with Gasteiger partial charge in [-0.05, 0) is 29.9 Å². The van der Waals surface area contributed by atoms with Gasteiger partial charge in [0.05, 0.1) is 5.56 Å². The van der Waals surface area contributed by atoms with E-state index in [1.165, 1.54) is 12.1 Å². The minimum Gasteiger partial charge on any atom is -0.396 e. The summed E-state index contributed by atoms with van der Waals surface area (Å²) in [5, 5.41) is 8.84. The molecule has 0 saturated heterocycles. The van der Waals surface area contributed by atoms with Gasteiger partial charge in [-0.15, -0.1) is 0 Å². The minimum absolute atomic E-state index is 0.0565. The summed E-state index contributed by atoms with van der Waals surface area (Å²) < 4.78 is 37.1. The van der Waals surface area contributed by atoms with Gasteiger partial charge in [-0.3, -0.25) is 0 Å². The van der Waals surface area contributed by atoms with Gasteiger partial charge < -0.3 is 5.11 Å². The van der Waals surface area contributed by atoms with E-state index >= 15 is 0 Å². The van der Waals surface area contributed by atoms with Crippen molar-refractivity contribution in [3.05, 3.63) is 35.4 Å². The van der Waals surface area contributed by atoms with Crippen molar-refractivity contribution in [2.75, 3.05) is 6.61 Å². The zero-order valence-electron chi connectivity index (χ0n) is 7.96. The molecule has 1 N–H and O–H groups in total. The fourth-order valence-corrected chi connectivity index (χ4v) is 1.80. The summed E-state index contributed by atoms with van der Waals surface area (Å²) in [6, 6.07) is 5.36. The molecule has 0 spiro atoms. The highest BCUT2D eigenvalue weighted by molar-refractivity contribution is 5.31. The highest BCUT2D eigenvalue weighted by Gasteiger charge is 2.39. The number of hydrogen-bond donors (Lipinski definition) is 1. The first-order valence-electron chi connectivity index (χ1n) is 4.80. The zero-order chi connectivity index (χ0) is 11.1. The average Bonchev–Trinajstić information content (AvgIpc) is 2.95. The van der Waals surface area contributed by atoms with Crippen LogP contribution in [0.2, 0.25) is 0 Å². The summed E-state index contributed by atoms with van der Waals surface area (Å²) in [7, 11) is 0. The molecule has 1 aliphatic rings. The zero-order valence-corrected chi connectivity index (χ0v) is 7.96. The van der Waals surface area contributed by atoms with Crippen LogP contribution >= 0.6 is 0 Å². The normalized spacial score (nSPS) is 25.3. The van der Waals surface area contributed by atoms with Crippen LogP contribution in [0.4, 0.5) is 13.2 Å². The predicted molar refractivity (Wildman–Crippen MR) is 49.4 cm³/mol. The van der Waals surface area contributed by atoms with Crippen LogP contribution in [-0.4, -0.2) is 11.7 Å². The predicted octanol–water partition coefficient (Wildman–Crippen LogP) is 2.80. The third-order valence-electron chi connectivity index (χ3n) is 2.80. The van der Waals surface area contributed by atoms with Crippen LogP contribution in [0.1, 0.15) is 23.5 Å². The van der Waals surface area contributed by atoms with Crippen molar-refractivity contribution < 1.29 is 18.3 Å². The Morgan fingerprint density at radius 2 is 2.07 bits per heavy atom. The molecule has 1 aromatic carbocycles. The SMILES string of the molecule is OC[C@H]1C[C@@H]1c1cccc(C(F)(F)F)c1. The lowest BCUT2D eigenvalue weighted by Gasteiger charge is -2.08. The Morgan fingerprint density at radius 3 is 2.60 bits per heavy atom. The lowest BCUT2D eigenvalue weighted by Crippen LogP contribution is -2.05. The van der Waals surface area contributed by atoms with Crippen LogP contribution < -0.4 is 0 Å². The highest BCUT2D eigenvalue weighted by Crippen LogP contribution is 2.47. The number of alkyl halides is 3. The van der Waals surface area contributed by atoms with E-state index < -0.39 is 11.7 Å². The lowest BCUT2D eigenvalue weighted by atomic mass is 10.1. The Labute approximate surface area is 85.5 Å².